The van der Waals surface area contributed by atoms with Crippen LogP contribution in [0.1, 0.15) is 38.5 Å². The van der Waals surface area contributed by atoms with E-state index in [9.17, 15) is 4.79 Å². The van der Waals surface area contributed by atoms with E-state index in [2.05, 4.69) is 10.6 Å². The third-order valence-electron chi connectivity index (χ3n) is 3.06. The van der Waals surface area contributed by atoms with Crippen LogP contribution in [-0.4, -0.2) is 24.5 Å². The van der Waals surface area contributed by atoms with Gasteiger partial charge >= 0.3 is 0 Å². The van der Waals surface area contributed by atoms with E-state index in [1.807, 2.05) is 0 Å². The van der Waals surface area contributed by atoms with Gasteiger partial charge in [0.1, 0.15) is 0 Å². The highest BCUT2D eigenvalue weighted by Crippen LogP contribution is 2.20. The number of rotatable bonds is 2. The number of nitrogens with one attached hydrogen (secondary N) is 2. The first-order valence-corrected chi connectivity index (χ1v) is 5.37. The van der Waals surface area contributed by atoms with Gasteiger partial charge in [-0.1, -0.05) is 6.42 Å². The first kappa shape index (κ1) is 9.00. The Morgan fingerprint density at radius 1 is 1.15 bits per heavy atom. The molecule has 2 fully saturated rings. The van der Waals surface area contributed by atoms with Gasteiger partial charge in [0, 0.05) is 25.0 Å². The summed E-state index contributed by atoms with van der Waals surface area (Å²) in [6.07, 6.45) is 6.91. The fraction of sp³-hybridized carbons (Fsp3) is 0.900. The van der Waals surface area contributed by atoms with Gasteiger partial charge in [-0.15, -0.1) is 0 Å². The van der Waals surface area contributed by atoms with Crippen LogP contribution in [0.25, 0.3) is 0 Å². The molecule has 2 aliphatic rings. The van der Waals surface area contributed by atoms with Gasteiger partial charge in [-0.05, 0) is 25.7 Å². The molecule has 0 bridgehead atoms. The predicted molar refractivity (Wildman–Crippen MR) is 51.4 cm³/mol. The topological polar surface area (TPSA) is 41.1 Å². The highest BCUT2D eigenvalue weighted by Gasteiger charge is 2.23. The first-order chi connectivity index (χ1) is 6.34. The van der Waals surface area contributed by atoms with Crippen molar-refractivity contribution in [2.75, 3.05) is 6.54 Å². The van der Waals surface area contributed by atoms with Crippen LogP contribution in [0.3, 0.4) is 0 Å². The normalized spacial score (nSPS) is 30.5. The van der Waals surface area contributed by atoms with Crippen molar-refractivity contribution in [1.29, 1.82) is 0 Å². The molecule has 1 saturated carbocycles. The number of hydrogen-bond donors (Lipinski definition) is 2. The second kappa shape index (κ2) is 4.09. The summed E-state index contributed by atoms with van der Waals surface area (Å²) in [5.41, 5.74) is 0. The van der Waals surface area contributed by atoms with Crippen molar-refractivity contribution in [3.05, 3.63) is 0 Å². The molecule has 0 aromatic rings. The van der Waals surface area contributed by atoms with Crippen molar-refractivity contribution >= 4 is 5.91 Å². The molecule has 1 heterocycles. The van der Waals surface area contributed by atoms with Crippen molar-refractivity contribution in [2.45, 2.75) is 50.6 Å². The lowest BCUT2D eigenvalue weighted by Gasteiger charge is -2.30. The van der Waals surface area contributed by atoms with Crippen LogP contribution in [0.2, 0.25) is 0 Å². The molecular formula is C10H18N2O. The number of amides is 1. The van der Waals surface area contributed by atoms with E-state index in [4.69, 9.17) is 0 Å². The van der Waals surface area contributed by atoms with E-state index in [-0.39, 0.29) is 5.91 Å². The maximum absolute atomic E-state index is 11.2. The molecule has 0 spiro atoms. The molecule has 1 saturated heterocycles. The average Bonchev–Trinajstić information content (AvgIpc) is 2.22. The van der Waals surface area contributed by atoms with Crippen LogP contribution in [0, 0.1) is 0 Å². The van der Waals surface area contributed by atoms with Gasteiger partial charge in [0.25, 0.3) is 0 Å². The Hall–Kier alpha value is -0.570. The Morgan fingerprint density at radius 2 is 1.92 bits per heavy atom. The van der Waals surface area contributed by atoms with E-state index < -0.39 is 0 Å². The van der Waals surface area contributed by atoms with Crippen molar-refractivity contribution in [3.8, 4) is 0 Å². The van der Waals surface area contributed by atoms with Crippen molar-refractivity contribution in [2.24, 2.45) is 0 Å². The van der Waals surface area contributed by atoms with E-state index in [1.54, 1.807) is 0 Å². The summed E-state index contributed by atoms with van der Waals surface area (Å²) < 4.78 is 0. The van der Waals surface area contributed by atoms with Crippen LogP contribution >= 0.6 is 0 Å². The minimum absolute atomic E-state index is 0.217. The Bertz CT molecular complexity index is 189. The quantitative estimate of drug-likeness (QED) is 0.663. The third-order valence-corrected chi connectivity index (χ3v) is 3.06. The summed E-state index contributed by atoms with van der Waals surface area (Å²) >= 11 is 0. The van der Waals surface area contributed by atoms with Crippen LogP contribution in [0.5, 0.6) is 0 Å². The summed E-state index contributed by atoms with van der Waals surface area (Å²) in [6.45, 7) is 0.863. The number of carbonyl (C=O) groups excluding carboxylic acids is 1. The monoisotopic (exact) mass is 182 g/mol. The average molecular weight is 182 g/mol. The molecule has 3 heteroatoms. The standard InChI is InChI=1S/C10H18N2O/c13-10-7-9(5-2-6-11-10)12-8-3-1-4-8/h8-9,12H,1-7H2,(H,11,13). The molecule has 0 aromatic carbocycles. The van der Waals surface area contributed by atoms with Crippen LogP contribution < -0.4 is 10.6 Å². The molecule has 1 aliphatic heterocycles. The zero-order valence-corrected chi connectivity index (χ0v) is 8.01. The van der Waals surface area contributed by atoms with Gasteiger partial charge in [-0.2, -0.15) is 0 Å². The maximum atomic E-state index is 11.2. The lowest BCUT2D eigenvalue weighted by Crippen LogP contribution is -2.43. The lowest BCUT2D eigenvalue weighted by molar-refractivity contribution is -0.121. The van der Waals surface area contributed by atoms with E-state index in [0.717, 1.165) is 19.4 Å². The maximum Gasteiger partial charge on any atom is 0.221 e. The first-order valence-electron chi connectivity index (χ1n) is 5.37. The minimum atomic E-state index is 0.217. The number of carbonyl (C=O) groups is 1. The molecule has 1 unspecified atom stereocenters. The molecular weight excluding hydrogens is 164 g/mol. The zero-order valence-electron chi connectivity index (χ0n) is 8.01. The van der Waals surface area contributed by atoms with Gasteiger partial charge in [0.2, 0.25) is 5.91 Å². The molecule has 2 N–H and O–H groups in total. The van der Waals surface area contributed by atoms with Crippen LogP contribution in [0.15, 0.2) is 0 Å². The van der Waals surface area contributed by atoms with Crippen LogP contribution in [0.4, 0.5) is 0 Å². The second-order valence-corrected chi connectivity index (χ2v) is 4.19. The summed E-state index contributed by atoms with van der Waals surface area (Å²) in [4.78, 5) is 11.2. The van der Waals surface area contributed by atoms with E-state index in [0.29, 0.717) is 18.5 Å². The minimum Gasteiger partial charge on any atom is -0.356 e. The summed E-state index contributed by atoms with van der Waals surface area (Å²) in [7, 11) is 0. The molecule has 1 aliphatic carbocycles. The summed E-state index contributed by atoms with van der Waals surface area (Å²) in [5, 5.41) is 6.47. The SMILES string of the molecule is O=C1CC(NC2CCC2)CCCN1. The molecule has 3 nitrogen and oxygen atoms in total. The van der Waals surface area contributed by atoms with E-state index in [1.165, 1.54) is 19.3 Å². The molecule has 0 aromatic heterocycles. The van der Waals surface area contributed by atoms with Gasteiger partial charge in [0.15, 0.2) is 0 Å². The number of hydrogen-bond acceptors (Lipinski definition) is 2. The van der Waals surface area contributed by atoms with Gasteiger partial charge in [-0.25, -0.2) is 0 Å². The Kier molecular flexibility index (Phi) is 2.83. The molecule has 2 rings (SSSR count). The molecule has 0 radical (unpaired) electrons. The second-order valence-electron chi connectivity index (χ2n) is 4.19. The smallest absolute Gasteiger partial charge is 0.221 e. The highest BCUT2D eigenvalue weighted by atomic mass is 16.1. The molecule has 74 valence electrons. The molecule has 1 atom stereocenters. The van der Waals surface area contributed by atoms with Crippen LogP contribution in [-0.2, 0) is 4.79 Å². The van der Waals surface area contributed by atoms with Crippen molar-refractivity contribution in [3.63, 3.8) is 0 Å². The largest absolute Gasteiger partial charge is 0.356 e. The Morgan fingerprint density at radius 3 is 2.62 bits per heavy atom. The van der Waals surface area contributed by atoms with Gasteiger partial charge in [-0.3, -0.25) is 4.79 Å². The fourth-order valence-electron chi connectivity index (χ4n) is 2.02. The Balaban J connectivity index is 1.78. The summed E-state index contributed by atoms with van der Waals surface area (Å²) in [5.74, 6) is 0.217. The van der Waals surface area contributed by atoms with Crippen molar-refractivity contribution in [1.82, 2.24) is 10.6 Å². The fourth-order valence-corrected chi connectivity index (χ4v) is 2.02. The molecule has 1 amide bonds. The summed E-state index contributed by atoms with van der Waals surface area (Å²) in [6, 6.07) is 1.14. The van der Waals surface area contributed by atoms with Crippen molar-refractivity contribution < 1.29 is 4.79 Å². The zero-order chi connectivity index (χ0) is 9.10. The molecule has 13 heavy (non-hydrogen) atoms. The van der Waals surface area contributed by atoms with E-state index >= 15 is 0 Å². The highest BCUT2D eigenvalue weighted by molar-refractivity contribution is 5.76. The van der Waals surface area contributed by atoms with Gasteiger partial charge in [0.05, 0.1) is 0 Å². The Labute approximate surface area is 79.3 Å². The third kappa shape index (κ3) is 2.44. The van der Waals surface area contributed by atoms with Gasteiger partial charge < -0.3 is 10.6 Å². The lowest BCUT2D eigenvalue weighted by atomic mass is 9.91. The predicted octanol–water partition coefficient (Wildman–Crippen LogP) is 0.797.